The molecular weight excluding hydrogens is 388 g/mol. The molecule has 0 aromatic heterocycles. The molecule has 1 aromatic carbocycles. The van der Waals surface area contributed by atoms with Crippen LogP contribution in [-0.4, -0.2) is 78.9 Å². The van der Waals surface area contributed by atoms with Gasteiger partial charge in [-0.3, -0.25) is 19.4 Å². The van der Waals surface area contributed by atoms with Gasteiger partial charge in [-0.25, -0.2) is 0 Å². The highest BCUT2D eigenvalue weighted by Gasteiger charge is 2.33. The van der Waals surface area contributed by atoms with Gasteiger partial charge in [0, 0.05) is 45.0 Å². The number of hydrogen-bond acceptors (Lipinski definition) is 4. The first-order valence-corrected chi connectivity index (χ1v) is 12.2. The van der Waals surface area contributed by atoms with Gasteiger partial charge in [0.05, 0.1) is 13.1 Å². The van der Waals surface area contributed by atoms with E-state index in [1.54, 1.807) is 0 Å². The van der Waals surface area contributed by atoms with Crippen LogP contribution in [0.1, 0.15) is 44.6 Å². The third-order valence-corrected chi connectivity index (χ3v) is 7.51. The van der Waals surface area contributed by atoms with Gasteiger partial charge in [-0.05, 0) is 42.7 Å². The second-order valence-corrected chi connectivity index (χ2v) is 9.54. The summed E-state index contributed by atoms with van der Waals surface area (Å²) < 4.78 is 0. The first kappa shape index (κ1) is 22.3. The van der Waals surface area contributed by atoms with Gasteiger partial charge in [-0.15, -0.1) is 0 Å². The second-order valence-electron chi connectivity index (χ2n) is 9.54. The van der Waals surface area contributed by atoms with E-state index in [9.17, 15) is 9.59 Å². The van der Waals surface area contributed by atoms with Crippen molar-refractivity contribution in [2.45, 2.75) is 45.4 Å². The maximum atomic E-state index is 12.9. The molecule has 1 aliphatic carbocycles. The van der Waals surface area contributed by atoms with Crippen molar-refractivity contribution in [3.63, 3.8) is 0 Å². The monoisotopic (exact) mass is 426 g/mol. The van der Waals surface area contributed by atoms with Crippen molar-refractivity contribution in [2.75, 3.05) is 57.7 Å². The number of nitrogens with one attached hydrogen (secondary N) is 1. The molecule has 2 aliphatic heterocycles. The van der Waals surface area contributed by atoms with Gasteiger partial charge in [-0.2, -0.15) is 0 Å². The topological polar surface area (TPSA) is 55.9 Å². The Bertz CT molecular complexity index is 760. The van der Waals surface area contributed by atoms with Crippen LogP contribution in [0.2, 0.25) is 0 Å². The molecule has 6 heteroatoms. The lowest BCUT2D eigenvalue weighted by Gasteiger charge is -2.42. The predicted molar refractivity (Wildman–Crippen MR) is 124 cm³/mol. The second kappa shape index (κ2) is 10.6. The molecule has 1 N–H and O–H groups in total. The summed E-state index contributed by atoms with van der Waals surface area (Å²) in [6, 6.07) is 7.99. The molecule has 6 nitrogen and oxygen atoms in total. The molecule has 31 heavy (non-hydrogen) atoms. The summed E-state index contributed by atoms with van der Waals surface area (Å²) in [6.45, 7) is 8.33. The molecule has 0 radical (unpaired) electrons. The van der Waals surface area contributed by atoms with E-state index in [1.165, 1.54) is 32.1 Å². The zero-order valence-corrected chi connectivity index (χ0v) is 19.0. The molecule has 0 spiro atoms. The zero-order chi connectivity index (χ0) is 21.6. The van der Waals surface area contributed by atoms with E-state index in [-0.39, 0.29) is 5.91 Å². The third-order valence-electron chi connectivity index (χ3n) is 7.51. The molecule has 0 bridgehead atoms. The number of likely N-dealkylation sites (tertiary alicyclic amines) is 1. The minimum Gasteiger partial charge on any atom is -0.341 e. The molecule has 2 amide bonds. The number of hydrogen-bond donors (Lipinski definition) is 1. The largest absolute Gasteiger partial charge is 0.341 e. The summed E-state index contributed by atoms with van der Waals surface area (Å²) in [6.07, 6.45) is 7.48. The van der Waals surface area contributed by atoms with Crippen molar-refractivity contribution in [1.29, 1.82) is 0 Å². The van der Waals surface area contributed by atoms with Crippen molar-refractivity contribution in [2.24, 2.45) is 11.8 Å². The van der Waals surface area contributed by atoms with Crippen molar-refractivity contribution in [1.82, 2.24) is 14.7 Å². The number of anilines is 1. The Morgan fingerprint density at radius 3 is 2.32 bits per heavy atom. The minimum absolute atomic E-state index is 0.0424. The van der Waals surface area contributed by atoms with Gasteiger partial charge < -0.3 is 10.2 Å². The van der Waals surface area contributed by atoms with Gasteiger partial charge in [-0.1, -0.05) is 44.4 Å². The molecule has 1 saturated carbocycles. The normalized spacial score (nSPS) is 25.1. The Labute approximate surface area is 187 Å². The maximum absolute atomic E-state index is 12.9. The van der Waals surface area contributed by atoms with Crippen LogP contribution < -0.4 is 5.32 Å². The van der Waals surface area contributed by atoms with Gasteiger partial charge in [0.1, 0.15) is 0 Å². The van der Waals surface area contributed by atoms with Gasteiger partial charge in [0.2, 0.25) is 11.8 Å². The number of fused-ring (bicyclic) bond motifs is 1. The standard InChI is InChI=1S/C25H38N4O2/c1-2-20-7-5-6-10-23(20)26-24(30)18-27-13-15-28(16-14-27)19-25(31)29-12-11-21-8-3-4-9-22(21)17-29/h5-7,10,21-22H,2-4,8-9,11-19H2,1H3,(H,26,30)/t21-,22-/m0/s1. The van der Waals surface area contributed by atoms with Crippen LogP contribution in [-0.2, 0) is 16.0 Å². The fourth-order valence-electron chi connectivity index (χ4n) is 5.57. The molecule has 3 fully saturated rings. The summed E-state index contributed by atoms with van der Waals surface area (Å²) in [4.78, 5) is 31.9. The Morgan fingerprint density at radius 2 is 1.58 bits per heavy atom. The quantitative estimate of drug-likeness (QED) is 0.760. The molecule has 2 heterocycles. The smallest absolute Gasteiger partial charge is 0.238 e. The summed E-state index contributed by atoms with van der Waals surface area (Å²) >= 11 is 0. The SMILES string of the molecule is CCc1ccccc1NC(=O)CN1CCN(CC(=O)N2CC[C@@H]3CCCC[C@H]3C2)CC1. The van der Waals surface area contributed by atoms with E-state index in [2.05, 4.69) is 33.0 Å². The van der Waals surface area contributed by atoms with Gasteiger partial charge >= 0.3 is 0 Å². The van der Waals surface area contributed by atoms with Crippen LogP contribution in [0.4, 0.5) is 5.69 Å². The maximum Gasteiger partial charge on any atom is 0.238 e. The van der Waals surface area contributed by atoms with E-state index in [0.29, 0.717) is 19.0 Å². The predicted octanol–water partition coefficient (Wildman–Crippen LogP) is 2.84. The number of para-hydroxylation sites is 1. The Morgan fingerprint density at radius 1 is 0.903 bits per heavy atom. The van der Waals surface area contributed by atoms with Crippen molar-refractivity contribution in [3.05, 3.63) is 29.8 Å². The average molecular weight is 427 g/mol. The summed E-state index contributed by atoms with van der Waals surface area (Å²) in [5.41, 5.74) is 2.08. The minimum atomic E-state index is 0.0424. The van der Waals surface area contributed by atoms with Crippen LogP contribution >= 0.6 is 0 Å². The molecule has 2 saturated heterocycles. The number of carbonyl (C=O) groups excluding carboxylic acids is 2. The van der Waals surface area contributed by atoms with E-state index >= 15 is 0 Å². The Kier molecular flexibility index (Phi) is 7.62. The number of aryl methyl sites for hydroxylation is 1. The van der Waals surface area contributed by atoms with Crippen LogP contribution in [0.15, 0.2) is 24.3 Å². The van der Waals surface area contributed by atoms with Gasteiger partial charge in [0.15, 0.2) is 0 Å². The summed E-state index contributed by atoms with van der Waals surface area (Å²) in [7, 11) is 0. The molecule has 1 aromatic rings. The highest BCUT2D eigenvalue weighted by atomic mass is 16.2. The molecular formula is C25H38N4O2. The van der Waals surface area contributed by atoms with Crippen LogP contribution in [0.5, 0.6) is 0 Å². The number of carbonyl (C=O) groups is 2. The average Bonchev–Trinajstić information content (AvgIpc) is 2.80. The highest BCUT2D eigenvalue weighted by Crippen LogP contribution is 2.36. The zero-order valence-electron chi connectivity index (χ0n) is 19.0. The van der Waals surface area contributed by atoms with Crippen LogP contribution in [0.3, 0.4) is 0 Å². The molecule has 3 aliphatic rings. The van der Waals surface area contributed by atoms with Crippen LogP contribution in [0.25, 0.3) is 0 Å². The lowest BCUT2D eigenvalue weighted by molar-refractivity contribution is -0.136. The number of nitrogens with zero attached hydrogens (tertiary/aromatic N) is 3. The molecule has 2 atom stereocenters. The first-order valence-electron chi connectivity index (χ1n) is 12.2. The Hall–Kier alpha value is -1.92. The first-order chi connectivity index (χ1) is 15.1. The van der Waals surface area contributed by atoms with Crippen molar-refractivity contribution in [3.8, 4) is 0 Å². The Balaban J connectivity index is 1.18. The fraction of sp³-hybridized carbons (Fsp3) is 0.680. The highest BCUT2D eigenvalue weighted by molar-refractivity contribution is 5.93. The van der Waals surface area contributed by atoms with E-state index in [4.69, 9.17) is 0 Å². The number of benzene rings is 1. The molecule has 4 rings (SSSR count). The van der Waals surface area contributed by atoms with Crippen molar-refractivity contribution < 1.29 is 9.59 Å². The van der Waals surface area contributed by atoms with Crippen molar-refractivity contribution >= 4 is 17.5 Å². The summed E-state index contributed by atoms with van der Waals surface area (Å²) in [5, 5.41) is 3.06. The number of piperazine rings is 1. The lowest BCUT2D eigenvalue weighted by Crippen LogP contribution is -2.53. The molecule has 0 unspecified atom stereocenters. The molecule has 170 valence electrons. The number of amides is 2. The summed E-state index contributed by atoms with van der Waals surface area (Å²) in [5.74, 6) is 1.93. The van der Waals surface area contributed by atoms with E-state index < -0.39 is 0 Å². The lowest BCUT2D eigenvalue weighted by atomic mass is 9.75. The van der Waals surface area contributed by atoms with E-state index in [0.717, 1.165) is 68.8 Å². The fourth-order valence-corrected chi connectivity index (χ4v) is 5.57. The van der Waals surface area contributed by atoms with E-state index in [1.807, 2.05) is 18.2 Å². The number of rotatable bonds is 6. The van der Waals surface area contributed by atoms with Crippen LogP contribution in [0, 0.1) is 11.8 Å². The third kappa shape index (κ3) is 5.86. The number of piperidine rings is 1. The van der Waals surface area contributed by atoms with Gasteiger partial charge in [0.25, 0.3) is 0 Å².